The van der Waals surface area contributed by atoms with E-state index in [1.165, 1.54) is 0 Å². The molecule has 0 saturated heterocycles. The molecule has 0 amide bonds. The van der Waals surface area contributed by atoms with E-state index in [2.05, 4.69) is 31.3 Å². The lowest BCUT2D eigenvalue weighted by Crippen LogP contribution is -2.30. The number of nitrogens with zero attached hydrogens (tertiary/aromatic N) is 2. The predicted octanol–water partition coefficient (Wildman–Crippen LogP) is 3.02. The molecule has 0 radical (unpaired) electrons. The molecule has 21 heavy (non-hydrogen) atoms. The minimum atomic E-state index is -0.116. The molecule has 2 heterocycles. The third-order valence-electron chi connectivity index (χ3n) is 3.67. The van der Waals surface area contributed by atoms with E-state index >= 15 is 0 Å². The van der Waals surface area contributed by atoms with Gasteiger partial charge in [-0.15, -0.1) is 0 Å². The molecule has 0 fully saturated rings. The first-order valence-corrected chi connectivity index (χ1v) is 7.81. The maximum atomic E-state index is 6.45. The van der Waals surface area contributed by atoms with Crippen molar-refractivity contribution in [3.63, 3.8) is 0 Å². The molecule has 0 aliphatic rings. The largest absolute Gasteiger partial charge is 0.464 e. The van der Waals surface area contributed by atoms with Gasteiger partial charge in [-0.1, -0.05) is 25.4 Å². The monoisotopic (exact) mass is 310 g/mol. The van der Waals surface area contributed by atoms with Gasteiger partial charge in [0.15, 0.2) is 0 Å². The summed E-state index contributed by atoms with van der Waals surface area (Å²) in [5.74, 6) is 7.48. The van der Waals surface area contributed by atoms with Crippen molar-refractivity contribution < 1.29 is 4.42 Å². The number of hydrogen-bond donors (Lipinski definition) is 2. The molecule has 2 aromatic heterocycles. The van der Waals surface area contributed by atoms with Crippen LogP contribution in [0.1, 0.15) is 49.7 Å². The number of aryl methyl sites for hydroxylation is 3. The molecular weight excluding hydrogens is 288 g/mol. The Labute approximate surface area is 130 Å². The van der Waals surface area contributed by atoms with Gasteiger partial charge in [0, 0.05) is 19.4 Å². The summed E-state index contributed by atoms with van der Waals surface area (Å²) >= 11 is 6.45. The van der Waals surface area contributed by atoms with E-state index in [9.17, 15) is 0 Å². The van der Waals surface area contributed by atoms with Gasteiger partial charge in [-0.05, 0) is 25.5 Å². The Morgan fingerprint density at radius 2 is 2.10 bits per heavy atom. The predicted molar refractivity (Wildman–Crippen MR) is 84.1 cm³/mol. The van der Waals surface area contributed by atoms with Crippen molar-refractivity contribution in [3.8, 4) is 0 Å². The second kappa shape index (κ2) is 7.11. The Morgan fingerprint density at radius 3 is 2.62 bits per heavy atom. The molecule has 0 bridgehead atoms. The smallest absolute Gasteiger partial charge is 0.122 e. The average Bonchev–Trinajstić information content (AvgIpc) is 3.09. The summed E-state index contributed by atoms with van der Waals surface area (Å²) in [6.45, 7) is 6.95. The quantitative estimate of drug-likeness (QED) is 0.609. The second-order valence-electron chi connectivity index (χ2n) is 4.96. The third-order valence-corrected chi connectivity index (χ3v) is 4.10. The number of halogens is 1. The van der Waals surface area contributed by atoms with Crippen molar-refractivity contribution in [1.82, 2.24) is 15.2 Å². The number of furan rings is 1. The highest BCUT2D eigenvalue weighted by atomic mass is 35.5. The fourth-order valence-corrected chi connectivity index (χ4v) is 2.77. The zero-order valence-electron chi connectivity index (χ0n) is 12.8. The lowest BCUT2D eigenvalue weighted by atomic mass is 10.1. The van der Waals surface area contributed by atoms with E-state index in [1.807, 2.05) is 16.8 Å². The van der Waals surface area contributed by atoms with E-state index in [-0.39, 0.29) is 6.04 Å². The fourth-order valence-electron chi connectivity index (χ4n) is 2.42. The van der Waals surface area contributed by atoms with Crippen molar-refractivity contribution in [3.05, 3.63) is 40.1 Å². The first-order chi connectivity index (χ1) is 10.1. The van der Waals surface area contributed by atoms with E-state index in [4.69, 9.17) is 21.9 Å². The van der Waals surface area contributed by atoms with Gasteiger partial charge in [-0.25, -0.2) is 5.43 Å². The van der Waals surface area contributed by atoms with Crippen molar-refractivity contribution in [2.24, 2.45) is 5.84 Å². The number of aromatic nitrogens is 2. The topological polar surface area (TPSA) is 69.0 Å². The number of hydrogen-bond acceptors (Lipinski definition) is 4. The summed E-state index contributed by atoms with van der Waals surface area (Å²) in [6, 6.07) is 3.83. The van der Waals surface area contributed by atoms with Crippen LogP contribution < -0.4 is 11.3 Å². The molecule has 0 spiro atoms. The molecule has 116 valence electrons. The van der Waals surface area contributed by atoms with Gasteiger partial charge in [0.25, 0.3) is 0 Å². The number of nitrogens with one attached hydrogen (secondary N) is 1. The number of rotatable bonds is 7. The Kier molecular flexibility index (Phi) is 5.45. The molecular formula is C15H23ClN4O. The van der Waals surface area contributed by atoms with Crippen LogP contribution in [0.3, 0.4) is 0 Å². The van der Waals surface area contributed by atoms with Crippen molar-refractivity contribution in [1.29, 1.82) is 0 Å². The van der Waals surface area contributed by atoms with Crippen LogP contribution in [0.25, 0.3) is 0 Å². The summed E-state index contributed by atoms with van der Waals surface area (Å²) < 4.78 is 7.73. The van der Waals surface area contributed by atoms with Crippen LogP contribution >= 0.6 is 11.6 Å². The lowest BCUT2D eigenvalue weighted by molar-refractivity contribution is 0.390. The SMILES string of the molecule is CCc1ccc(C(Cc2c(Cl)c(CC)nn2CC)NN)o1. The van der Waals surface area contributed by atoms with E-state index in [0.29, 0.717) is 6.42 Å². The summed E-state index contributed by atoms with van der Waals surface area (Å²) in [4.78, 5) is 0. The van der Waals surface area contributed by atoms with Gasteiger partial charge in [0.1, 0.15) is 11.5 Å². The molecule has 1 atom stereocenters. The maximum absolute atomic E-state index is 6.45. The third kappa shape index (κ3) is 3.31. The van der Waals surface area contributed by atoms with Crippen molar-refractivity contribution >= 4 is 11.6 Å². The minimum absolute atomic E-state index is 0.116. The van der Waals surface area contributed by atoms with Gasteiger partial charge >= 0.3 is 0 Å². The fraction of sp³-hybridized carbons (Fsp3) is 0.533. The van der Waals surface area contributed by atoms with E-state index < -0.39 is 0 Å². The molecule has 2 rings (SSSR count). The molecule has 5 nitrogen and oxygen atoms in total. The van der Waals surface area contributed by atoms with Crippen LogP contribution in [-0.4, -0.2) is 9.78 Å². The zero-order chi connectivity index (χ0) is 15.4. The first kappa shape index (κ1) is 16.1. The minimum Gasteiger partial charge on any atom is -0.464 e. The molecule has 6 heteroatoms. The van der Waals surface area contributed by atoms with E-state index in [0.717, 1.165) is 47.3 Å². The Balaban J connectivity index is 2.27. The summed E-state index contributed by atoms with van der Waals surface area (Å²) in [5, 5.41) is 5.27. The van der Waals surface area contributed by atoms with Crippen LogP contribution in [0, 0.1) is 0 Å². The van der Waals surface area contributed by atoms with Crippen molar-refractivity contribution in [2.75, 3.05) is 0 Å². The van der Waals surface area contributed by atoms with Gasteiger partial charge in [-0.2, -0.15) is 5.10 Å². The van der Waals surface area contributed by atoms with Crippen molar-refractivity contribution in [2.45, 2.75) is 52.6 Å². The van der Waals surface area contributed by atoms with Crippen LogP contribution in [0.4, 0.5) is 0 Å². The Hall–Kier alpha value is -1.30. The normalized spacial score (nSPS) is 12.8. The van der Waals surface area contributed by atoms with E-state index in [1.54, 1.807) is 0 Å². The summed E-state index contributed by atoms with van der Waals surface area (Å²) in [7, 11) is 0. The molecule has 0 aliphatic carbocycles. The highest BCUT2D eigenvalue weighted by molar-refractivity contribution is 6.31. The molecule has 1 unspecified atom stereocenters. The van der Waals surface area contributed by atoms with Crippen LogP contribution in [-0.2, 0) is 25.8 Å². The van der Waals surface area contributed by atoms with Crippen LogP contribution in [0.5, 0.6) is 0 Å². The number of hydrazine groups is 1. The number of nitrogens with two attached hydrogens (primary N) is 1. The molecule has 3 N–H and O–H groups in total. The molecule has 2 aromatic rings. The summed E-state index contributed by atoms with van der Waals surface area (Å²) in [6.07, 6.45) is 2.33. The standard InChI is InChI=1S/C15H23ClN4O/c1-4-10-7-8-14(21-10)12(18-17)9-13-15(16)11(5-2)19-20(13)6-3/h7-8,12,18H,4-6,9,17H2,1-3H3. The molecule has 0 aromatic carbocycles. The zero-order valence-corrected chi connectivity index (χ0v) is 13.6. The van der Waals surface area contributed by atoms with Crippen LogP contribution in [0.2, 0.25) is 5.02 Å². The lowest BCUT2D eigenvalue weighted by Gasteiger charge is -2.14. The van der Waals surface area contributed by atoms with Crippen LogP contribution in [0.15, 0.2) is 16.5 Å². The van der Waals surface area contributed by atoms with Gasteiger partial charge < -0.3 is 4.42 Å². The van der Waals surface area contributed by atoms with Gasteiger partial charge in [-0.3, -0.25) is 10.5 Å². The Morgan fingerprint density at radius 1 is 1.33 bits per heavy atom. The molecule has 0 saturated carbocycles. The van der Waals surface area contributed by atoms with Gasteiger partial charge in [0.2, 0.25) is 0 Å². The Bertz CT molecular complexity index is 591. The highest BCUT2D eigenvalue weighted by Gasteiger charge is 2.21. The average molecular weight is 311 g/mol. The maximum Gasteiger partial charge on any atom is 0.122 e. The first-order valence-electron chi connectivity index (χ1n) is 7.43. The van der Waals surface area contributed by atoms with Gasteiger partial charge in [0.05, 0.1) is 22.5 Å². The highest BCUT2D eigenvalue weighted by Crippen LogP contribution is 2.27. The summed E-state index contributed by atoms with van der Waals surface area (Å²) in [5.41, 5.74) is 4.74. The second-order valence-corrected chi connectivity index (χ2v) is 5.34. The molecule has 0 aliphatic heterocycles.